The number of nitrogens with zero attached hydrogens (tertiary/aromatic N) is 4. The van der Waals surface area contributed by atoms with Crippen LogP contribution < -0.4 is 5.32 Å². The maximum absolute atomic E-state index is 12.2. The Morgan fingerprint density at radius 2 is 2.24 bits per heavy atom. The third-order valence-corrected chi connectivity index (χ3v) is 3.00. The van der Waals surface area contributed by atoms with Gasteiger partial charge in [0.1, 0.15) is 0 Å². The first-order valence-electron chi connectivity index (χ1n) is 6.67. The third-order valence-electron chi connectivity index (χ3n) is 3.00. The minimum Gasteiger partial charge on any atom is -0.396 e. The average molecular weight is 293 g/mol. The number of amides is 1. The van der Waals surface area contributed by atoms with Crippen molar-refractivity contribution in [1.29, 1.82) is 0 Å². The zero-order chi connectivity index (χ0) is 15.4. The quantitative estimate of drug-likeness (QED) is 0.769. The molecular weight excluding hydrogens is 274 g/mol. The number of hydrogen-bond donors (Lipinski definition) is 2. The van der Waals surface area contributed by atoms with Gasteiger partial charge in [0, 0.05) is 25.1 Å². The number of aliphatic hydroxyl groups is 1. The summed E-state index contributed by atoms with van der Waals surface area (Å²) in [5, 5.41) is 15.9. The van der Waals surface area contributed by atoms with Gasteiger partial charge in [0.05, 0.1) is 12.6 Å². The minimum atomic E-state index is -0.409. The molecule has 0 bridgehead atoms. The second kappa shape index (κ2) is 6.59. The van der Waals surface area contributed by atoms with E-state index in [0.29, 0.717) is 18.8 Å². The zero-order valence-electron chi connectivity index (χ0n) is 12.3. The fourth-order valence-electron chi connectivity index (χ4n) is 2.07. The van der Waals surface area contributed by atoms with Crippen LogP contribution >= 0.6 is 0 Å². The molecule has 114 valence electrons. The van der Waals surface area contributed by atoms with Crippen LogP contribution in [0.5, 0.6) is 0 Å². The fourth-order valence-corrected chi connectivity index (χ4v) is 2.07. The molecule has 1 unspecified atom stereocenters. The molecule has 0 saturated carbocycles. The van der Waals surface area contributed by atoms with Crippen molar-refractivity contribution >= 4 is 11.7 Å². The van der Waals surface area contributed by atoms with Crippen LogP contribution in [0.2, 0.25) is 0 Å². The number of methoxy groups -OCH3 is 1. The molecule has 0 radical (unpaired) electrons. The first-order chi connectivity index (χ1) is 10.0. The van der Waals surface area contributed by atoms with Crippen molar-refractivity contribution in [3.05, 3.63) is 23.3 Å². The summed E-state index contributed by atoms with van der Waals surface area (Å²) in [7, 11) is 1.54. The number of carbonyl (C=O) groups is 1. The van der Waals surface area contributed by atoms with Crippen LogP contribution in [0.15, 0.2) is 6.07 Å². The van der Waals surface area contributed by atoms with Crippen molar-refractivity contribution in [3.63, 3.8) is 0 Å². The summed E-state index contributed by atoms with van der Waals surface area (Å²) >= 11 is 0. The highest BCUT2D eigenvalue weighted by Crippen LogP contribution is 2.05. The molecule has 2 heterocycles. The number of aryl methyl sites for hydroxylation is 2. The third kappa shape index (κ3) is 3.53. The normalized spacial score (nSPS) is 12.6. The predicted molar refractivity (Wildman–Crippen MR) is 75.1 cm³/mol. The van der Waals surface area contributed by atoms with E-state index in [-0.39, 0.29) is 18.5 Å². The highest BCUT2D eigenvalue weighted by atomic mass is 16.5. The Labute approximate surface area is 122 Å². The number of fused-ring (bicyclic) bond motifs is 1. The van der Waals surface area contributed by atoms with Crippen molar-refractivity contribution in [2.75, 3.05) is 20.3 Å². The first-order valence-corrected chi connectivity index (χ1v) is 6.67. The van der Waals surface area contributed by atoms with E-state index in [1.807, 2.05) is 19.9 Å². The van der Waals surface area contributed by atoms with Gasteiger partial charge in [0.15, 0.2) is 0 Å². The molecule has 1 amide bonds. The molecule has 8 nitrogen and oxygen atoms in total. The largest absolute Gasteiger partial charge is 0.396 e. The van der Waals surface area contributed by atoms with Crippen LogP contribution in [-0.4, -0.2) is 57.0 Å². The van der Waals surface area contributed by atoms with Gasteiger partial charge in [-0.15, -0.1) is 5.10 Å². The standard InChI is InChI=1S/C13H19N5O3/c1-8-6-9(2)18-13(14-8)16-11(17-18)12(20)15-10(4-5-19)7-21-3/h6,10,19H,4-5,7H2,1-3H3,(H,15,20). The summed E-state index contributed by atoms with van der Waals surface area (Å²) in [5.41, 5.74) is 1.67. The number of hydrogen-bond acceptors (Lipinski definition) is 6. The van der Waals surface area contributed by atoms with Gasteiger partial charge < -0.3 is 15.2 Å². The van der Waals surface area contributed by atoms with Crippen molar-refractivity contribution in [3.8, 4) is 0 Å². The first kappa shape index (κ1) is 15.3. The molecule has 0 aliphatic carbocycles. The SMILES string of the molecule is COCC(CCO)NC(=O)c1nc2nc(C)cc(C)n2n1. The van der Waals surface area contributed by atoms with E-state index in [9.17, 15) is 4.79 Å². The van der Waals surface area contributed by atoms with Crippen LogP contribution in [0, 0.1) is 13.8 Å². The molecular formula is C13H19N5O3. The van der Waals surface area contributed by atoms with E-state index in [4.69, 9.17) is 9.84 Å². The Balaban J connectivity index is 2.21. The summed E-state index contributed by atoms with van der Waals surface area (Å²) in [4.78, 5) is 20.5. The molecule has 2 aromatic heterocycles. The highest BCUT2D eigenvalue weighted by molar-refractivity contribution is 5.91. The van der Waals surface area contributed by atoms with Gasteiger partial charge in [-0.2, -0.15) is 4.98 Å². The van der Waals surface area contributed by atoms with Crippen molar-refractivity contribution in [2.45, 2.75) is 26.3 Å². The number of carbonyl (C=O) groups excluding carboxylic acids is 1. The summed E-state index contributed by atoms with van der Waals surface area (Å²) in [6.45, 7) is 4.01. The molecule has 0 aromatic carbocycles. The smallest absolute Gasteiger partial charge is 0.291 e. The molecule has 21 heavy (non-hydrogen) atoms. The van der Waals surface area contributed by atoms with E-state index >= 15 is 0 Å². The Bertz CT molecular complexity index is 634. The predicted octanol–water partition coefficient (Wildman–Crippen LogP) is -0.132. The van der Waals surface area contributed by atoms with Crippen molar-refractivity contribution < 1.29 is 14.6 Å². The van der Waals surface area contributed by atoms with Gasteiger partial charge in [-0.3, -0.25) is 4.79 Å². The Kier molecular flexibility index (Phi) is 4.81. The molecule has 8 heteroatoms. The molecule has 0 aliphatic heterocycles. The van der Waals surface area contributed by atoms with Crippen LogP contribution in [-0.2, 0) is 4.74 Å². The van der Waals surface area contributed by atoms with Crippen LogP contribution in [0.4, 0.5) is 0 Å². The number of ether oxygens (including phenoxy) is 1. The topological polar surface area (TPSA) is 102 Å². The lowest BCUT2D eigenvalue weighted by Gasteiger charge is -2.15. The second-order valence-electron chi connectivity index (χ2n) is 4.82. The van der Waals surface area contributed by atoms with Crippen molar-refractivity contribution in [1.82, 2.24) is 24.9 Å². The van der Waals surface area contributed by atoms with Gasteiger partial charge in [-0.25, -0.2) is 9.50 Å². The van der Waals surface area contributed by atoms with Crippen LogP contribution in [0.1, 0.15) is 28.4 Å². The Morgan fingerprint density at radius 1 is 1.48 bits per heavy atom. The van der Waals surface area contributed by atoms with Gasteiger partial charge in [-0.05, 0) is 26.3 Å². The van der Waals surface area contributed by atoms with Gasteiger partial charge in [0.25, 0.3) is 11.7 Å². The minimum absolute atomic E-state index is 0.0350. The summed E-state index contributed by atoms with van der Waals surface area (Å²) in [6, 6.07) is 1.58. The van der Waals surface area contributed by atoms with E-state index < -0.39 is 5.91 Å². The second-order valence-corrected chi connectivity index (χ2v) is 4.82. The lowest BCUT2D eigenvalue weighted by molar-refractivity contribution is 0.0868. The maximum Gasteiger partial charge on any atom is 0.291 e. The van der Waals surface area contributed by atoms with Gasteiger partial charge >= 0.3 is 0 Å². The van der Waals surface area contributed by atoms with Crippen LogP contribution in [0.25, 0.3) is 5.78 Å². The van der Waals surface area contributed by atoms with Crippen molar-refractivity contribution in [2.24, 2.45) is 0 Å². The molecule has 0 aliphatic rings. The molecule has 2 rings (SSSR count). The highest BCUT2D eigenvalue weighted by Gasteiger charge is 2.18. The Hall–Kier alpha value is -2.06. The van der Waals surface area contributed by atoms with Crippen LogP contribution in [0.3, 0.4) is 0 Å². The molecule has 1 atom stereocenters. The average Bonchev–Trinajstić information content (AvgIpc) is 2.83. The summed E-state index contributed by atoms with van der Waals surface area (Å²) in [6.07, 6.45) is 0.406. The van der Waals surface area contributed by atoms with Gasteiger partial charge in [0.2, 0.25) is 5.82 Å². The van der Waals surface area contributed by atoms with E-state index in [2.05, 4.69) is 20.4 Å². The molecule has 2 aromatic rings. The molecule has 2 N–H and O–H groups in total. The Morgan fingerprint density at radius 3 is 2.90 bits per heavy atom. The van der Waals surface area contributed by atoms with E-state index in [0.717, 1.165) is 11.4 Å². The monoisotopic (exact) mass is 293 g/mol. The van der Waals surface area contributed by atoms with E-state index in [1.54, 1.807) is 0 Å². The number of nitrogens with one attached hydrogen (secondary N) is 1. The lowest BCUT2D eigenvalue weighted by Crippen LogP contribution is -2.39. The summed E-state index contributed by atoms with van der Waals surface area (Å²) < 4.78 is 6.53. The number of rotatable bonds is 6. The van der Waals surface area contributed by atoms with E-state index in [1.165, 1.54) is 11.6 Å². The number of aromatic nitrogens is 4. The summed E-state index contributed by atoms with van der Waals surface area (Å²) in [5.74, 6) is 0.0337. The lowest BCUT2D eigenvalue weighted by atomic mass is 10.2. The molecule has 0 saturated heterocycles. The molecule has 0 spiro atoms. The fraction of sp³-hybridized carbons (Fsp3) is 0.538. The van der Waals surface area contributed by atoms with Gasteiger partial charge in [-0.1, -0.05) is 0 Å². The zero-order valence-corrected chi connectivity index (χ0v) is 12.3. The number of aliphatic hydroxyl groups excluding tert-OH is 1. The maximum atomic E-state index is 12.2. The molecule has 0 fully saturated rings.